The van der Waals surface area contributed by atoms with Gasteiger partial charge in [-0.25, -0.2) is 0 Å². The molecule has 0 rings (SSSR count). The summed E-state index contributed by atoms with van der Waals surface area (Å²) >= 11 is 0. The second kappa shape index (κ2) is 69.3. The number of ether oxygens (including phenoxy) is 4. The summed E-state index contributed by atoms with van der Waals surface area (Å²) in [5.41, 5.74) is -2.63. The summed E-state index contributed by atoms with van der Waals surface area (Å²) in [7, 11) is 8.23. The van der Waals surface area contributed by atoms with E-state index in [1.165, 1.54) is 4.90 Å². The quantitative estimate of drug-likeness (QED) is 0.0399. The van der Waals surface area contributed by atoms with Gasteiger partial charge in [0.05, 0.1) is 50.9 Å². The van der Waals surface area contributed by atoms with Crippen molar-refractivity contribution in [3.05, 3.63) is 0 Å². The lowest BCUT2D eigenvalue weighted by Crippen LogP contribution is -2.61. The maximum Gasteiger partial charge on any atom is 0.0660 e. The maximum atomic E-state index is 9.67. The molecule has 1 unspecified atom stereocenters. The van der Waals surface area contributed by atoms with Crippen LogP contribution < -0.4 is 26.6 Å². The molecule has 796 valence electrons. The fourth-order valence-electron chi connectivity index (χ4n) is 14.7. The highest BCUT2D eigenvalue weighted by molar-refractivity contribution is 4.99. The molecule has 0 saturated heterocycles. The van der Waals surface area contributed by atoms with E-state index in [1.54, 1.807) is 41.5 Å². The molecule has 0 saturated carbocycles. The third-order valence-corrected chi connectivity index (χ3v) is 16.2. The Kier molecular flexibility index (Phi) is 77.3. The second-order valence-electron chi connectivity index (χ2n) is 56.4. The highest BCUT2D eigenvalue weighted by atomic mass is 16.5. The zero-order chi connectivity index (χ0) is 113. The van der Waals surface area contributed by atoms with E-state index >= 15 is 0 Å². The fourth-order valence-corrected chi connectivity index (χ4v) is 14.7. The van der Waals surface area contributed by atoms with Gasteiger partial charge in [0.25, 0.3) is 0 Å². The molecule has 0 heterocycles. The molecule has 0 radical (unpaired) electrons. The number of hydrogen-bond acceptors (Lipinski definition) is 14. The van der Waals surface area contributed by atoms with Gasteiger partial charge in [-0.05, 0) is 448 Å². The normalized spacial score (nSPS) is 14.4. The Hall–Kier alpha value is -0.560. The van der Waals surface area contributed by atoms with Crippen molar-refractivity contribution in [3.63, 3.8) is 0 Å². The molecule has 0 aliphatic rings. The Balaban J connectivity index is -0.000000100. The topological polar surface area (TPSA) is 147 Å². The van der Waals surface area contributed by atoms with Gasteiger partial charge in [0, 0.05) is 101 Å². The Bertz CT molecular complexity index is 2560. The molecule has 1 atom stereocenters. The molecule has 0 aromatic carbocycles. The molecule has 14 heteroatoms. The van der Waals surface area contributed by atoms with Gasteiger partial charge in [0.15, 0.2) is 0 Å². The number of aliphatic hydroxyl groups is 2. The SMILES string of the molecule is CC(C)(O)CC(C)(C)OC(C)(C)C.CC(C)C.CC(C)C.CC(C)C.CC(C)C.CC(C)C.CC(C)C.CC(C)C.CC(C)NC(C)(C)CC(C)(C)N(C(C)C)C(C)(C)C.CC(CC(C)(C)O)OC(C)(C)C.CNC(C)(C)CC(C)(C)N(C)C(C)(C)C.CNC(C)(C)CC(C)(C)OC(C)(C)C.CNC(C)(C)CCOC(C)(C)C.[2H]C([2H])([2H])NC(C)(C)CC(C)(C)N(C([2H])([2H])[2H])C(C)(C)C. The average Bonchev–Trinajstić information content (AvgIpc) is 0.771. The van der Waals surface area contributed by atoms with Crippen molar-refractivity contribution in [2.45, 2.75) is 660 Å². The predicted octanol–water partition coefficient (Wildman–Crippen LogP) is 32.1. The molecule has 0 aromatic rings. The molecule has 0 fully saturated rings. The Labute approximate surface area is 825 Å². The van der Waals surface area contributed by atoms with Crippen molar-refractivity contribution in [3.8, 4) is 0 Å². The van der Waals surface area contributed by atoms with Crippen molar-refractivity contribution in [1.29, 1.82) is 0 Å². The van der Waals surface area contributed by atoms with Crippen LogP contribution in [0.3, 0.4) is 0 Å². The summed E-state index contributed by atoms with van der Waals surface area (Å²) in [5.74, 6) is 5.83. The van der Waals surface area contributed by atoms with Gasteiger partial charge in [0.1, 0.15) is 0 Å². The van der Waals surface area contributed by atoms with Crippen molar-refractivity contribution >= 4 is 0 Å². The van der Waals surface area contributed by atoms with Crippen molar-refractivity contribution in [1.82, 2.24) is 41.3 Å². The van der Waals surface area contributed by atoms with Gasteiger partial charge in [-0.1, -0.05) is 159 Å². The third kappa shape index (κ3) is 143. The van der Waals surface area contributed by atoms with Crippen LogP contribution >= 0.6 is 0 Å². The van der Waals surface area contributed by atoms with E-state index in [0.29, 0.717) is 31.3 Å². The Morgan fingerprint density at radius 3 is 0.758 bits per heavy atom. The van der Waals surface area contributed by atoms with E-state index in [4.69, 9.17) is 27.2 Å². The predicted molar refractivity (Wildman–Crippen MR) is 593 cm³/mol. The lowest BCUT2D eigenvalue weighted by molar-refractivity contribution is -0.140. The summed E-state index contributed by atoms with van der Waals surface area (Å²) < 4.78 is 68.6. The number of rotatable bonds is 28. The van der Waals surface area contributed by atoms with E-state index in [0.717, 1.165) is 73.7 Å². The van der Waals surface area contributed by atoms with Crippen molar-refractivity contribution in [2.75, 3.05) is 48.7 Å². The molecule has 0 spiro atoms. The monoisotopic (exact) mass is 1850 g/mol. The zero-order valence-corrected chi connectivity index (χ0v) is 103. The summed E-state index contributed by atoms with van der Waals surface area (Å²) in [6.45, 7) is 147. The first-order chi connectivity index (χ1) is 57.3. The lowest BCUT2D eigenvalue weighted by atomic mass is 9.81. The number of nitrogens with zero attached hydrogens (tertiary/aromatic N) is 3. The number of nitrogens with one attached hydrogen (secondary N) is 5. The van der Waals surface area contributed by atoms with Gasteiger partial charge in [0.2, 0.25) is 0 Å². The molecule has 14 nitrogen and oxygen atoms in total. The van der Waals surface area contributed by atoms with Crippen LogP contribution in [-0.2, 0) is 18.9 Å². The fraction of sp³-hybridized carbons (Fsp3) is 1.00. The van der Waals surface area contributed by atoms with Crippen LogP contribution in [0.4, 0.5) is 0 Å². The van der Waals surface area contributed by atoms with Crippen LogP contribution in [0.25, 0.3) is 0 Å². The minimum Gasteiger partial charge on any atom is -0.390 e. The first-order valence-electron chi connectivity index (χ1n) is 53.4. The van der Waals surface area contributed by atoms with Gasteiger partial charge in [-0.15, -0.1) is 0 Å². The first-order valence-corrected chi connectivity index (χ1v) is 50.4. The van der Waals surface area contributed by atoms with Gasteiger partial charge in [-0.3, -0.25) is 14.7 Å². The molecule has 0 aromatic heterocycles. The van der Waals surface area contributed by atoms with E-state index in [2.05, 4.69) is 397 Å². The highest BCUT2D eigenvalue weighted by Crippen LogP contribution is 2.36. The van der Waals surface area contributed by atoms with E-state index in [1.807, 2.05) is 118 Å². The van der Waals surface area contributed by atoms with Crippen molar-refractivity contribution < 1.29 is 37.4 Å². The molecule has 0 aliphatic carbocycles. The Morgan fingerprint density at radius 1 is 0.297 bits per heavy atom. The minimum atomic E-state index is -2.26. The summed E-state index contributed by atoms with van der Waals surface area (Å²) in [4.78, 5) is 6.58. The molecule has 7 N–H and O–H groups in total. The summed E-state index contributed by atoms with van der Waals surface area (Å²) in [6, 6.07) is 1.07. The second-order valence-corrected chi connectivity index (χ2v) is 56.4. The molecule has 0 aliphatic heterocycles. The molecule has 128 heavy (non-hydrogen) atoms. The van der Waals surface area contributed by atoms with E-state index in [-0.39, 0.29) is 84.0 Å². The summed E-state index contributed by atoms with van der Waals surface area (Å²) in [5, 5.41) is 35.4. The van der Waals surface area contributed by atoms with Gasteiger partial charge < -0.3 is 55.7 Å². The smallest absolute Gasteiger partial charge is 0.0660 e. The molecular weight excluding hydrogens is 1580 g/mol. The third-order valence-electron chi connectivity index (χ3n) is 16.2. The van der Waals surface area contributed by atoms with Crippen LogP contribution in [0, 0.1) is 41.4 Å². The van der Waals surface area contributed by atoms with E-state index in [9.17, 15) is 10.2 Å². The molecule has 0 amide bonds. The minimum absolute atomic E-state index is 0.0101. The van der Waals surface area contributed by atoms with Crippen LogP contribution in [0.2, 0.25) is 0 Å². The standard InChI is InChI=1S/C17H38N2.2C13H30N2.C12H27NO.C11H24O2.C10H23NO.C10H22O2.7C4H10/c1-13(2)18-16(8,9)12-17(10,11)19(14(3)4)15(5,6)7;2*1-11(2,3)15(9)13(6,7)10-12(4,5)14-8;1-10(2,3)14-12(6,7)9-11(4,5)13-8;1-9(2,3)13-11(6,7)8-10(4,5)12;1-9(2,3)12-8-7-10(4,5)11-6;1-8(7-10(5,6)11)12-9(2,3)4;7*1-4(2)3/h13-14,18H,12H2,1-11H3;2*14H,10H2,1-9H3;13H,9H2,1-8H3;12H,8H2,1-7H3;11H,7-8H2,1-6H3;8,11H,7H2,1-6H3;7*4H,1-3H3/i;8D3,9D3;;;;;;;;;;;;. The zero-order valence-electron chi connectivity index (χ0n) is 109. The van der Waals surface area contributed by atoms with Crippen LogP contribution in [0.5, 0.6) is 0 Å². The van der Waals surface area contributed by atoms with E-state index < -0.39 is 41.8 Å². The van der Waals surface area contributed by atoms with Crippen LogP contribution in [0.1, 0.15) is 545 Å². The first kappa shape index (κ1) is 143. The van der Waals surface area contributed by atoms with Crippen molar-refractivity contribution in [2.24, 2.45) is 41.4 Å². The van der Waals surface area contributed by atoms with Gasteiger partial charge >= 0.3 is 0 Å². The van der Waals surface area contributed by atoms with Crippen LogP contribution in [0.15, 0.2) is 0 Å². The average molecular weight is 1850 g/mol. The maximum absolute atomic E-state index is 9.67. The molecular formula is C114H264N8O6. The van der Waals surface area contributed by atoms with Crippen LogP contribution in [-0.4, -0.2) is 198 Å². The lowest BCUT2D eigenvalue weighted by Gasteiger charge is -2.52. The Morgan fingerprint density at radius 2 is 0.555 bits per heavy atom. The molecule has 0 bridgehead atoms. The van der Waals surface area contributed by atoms with Gasteiger partial charge in [-0.2, -0.15) is 0 Å². The number of hydrogen-bond donors (Lipinski definition) is 7. The largest absolute Gasteiger partial charge is 0.390 e. The highest BCUT2D eigenvalue weighted by Gasteiger charge is 2.42. The summed E-state index contributed by atoms with van der Waals surface area (Å²) in [6.07, 6.45) is 6.09.